The van der Waals surface area contributed by atoms with Gasteiger partial charge in [-0.2, -0.15) is 0 Å². The number of benzene rings is 1. The van der Waals surface area contributed by atoms with Gasteiger partial charge in [-0.1, -0.05) is 36.8 Å². The van der Waals surface area contributed by atoms with E-state index in [9.17, 15) is 4.79 Å². The fourth-order valence-corrected chi connectivity index (χ4v) is 4.00. The zero-order chi connectivity index (χ0) is 18.4. The van der Waals surface area contributed by atoms with Gasteiger partial charge in [-0.25, -0.2) is 4.79 Å². The SMILES string of the molecule is CCc1cccc(C)c1NC(=O)N1CCN(CCC2=CCCCC2)CC1. The minimum atomic E-state index is 0.0450. The minimum absolute atomic E-state index is 0.0450. The van der Waals surface area contributed by atoms with Crippen LogP contribution < -0.4 is 5.32 Å². The molecule has 26 heavy (non-hydrogen) atoms. The van der Waals surface area contributed by atoms with Crippen LogP contribution in [-0.4, -0.2) is 48.6 Å². The lowest BCUT2D eigenvalue weighted by Crippen LogP contribution is -2.50. The summed E-state index contributed by atoms with van der Waals surface area (Å²) < 4.78 is 0. The van der Waals surface area contributed by atoms with Gasteiger partial charge in [0.2, 0.25) is 0 Å². The second-order valence-electron chi connectivity index (χ2n) is 7.58. The van der Waals surface area contributed by atoms with E-state index >= 15 is 0 Å². The predicted octanol–water partition coefficient (Wildman–Crippen LogP) is 4.60. The summed E-state index contributed by atoms with van der Waals surface area (Å²) in [7, 11) is 0. The number of piperazine rings is 1. The van der Waals surface area contributed by atoms with Crippen LogP contribution in [0, 0.1) is 6.92 Å². The summed E-state index contributed by atoms with van der Waals surface area (Å²) in [5.74, 6) is 0. The maximum atomic E-state index is 12.7. The van der Waals surface area contributed by atoms with Gasteiger partial charge in [0.25, 0.3) is 0 Å². The van der Waals surface area contributed by atoms with Gasteiger partial charge in [0, 0.05) is 38.4 Å². The van der Waals surface area contributed by atoms with Crippen molar-refractivity contribution in [1.29, 1.82) is 0 Å². The lowest BCUT2D eigenvalue weighted by Gasteiger charge is -2.35. The van der Waals surface area contributed by atoms with Crippen LogP contribution in [0.4, 0.5) is 10.5 Å². The number of para-hydroxylation sites is 1. The number of carbonyl (C=O) groups is 1. The standard InChI is InChI=1S/C22H33N3O/c1-3-20-11-7-8-18(2)21(20)23-22(26)25-16-14-24(15-17-25)13-12-19-9-5-4-6-10-19/h7-9,11H,3-6,10,12-17H2,1-2H3,(H,23,26). The molecule has 0 spiro atoms. The van der Waals surface area contributed by atoms with Crippen molar-refractivity contribution >= 4 is 11.7 Å². The van der Waals surface area contributed by atoms with Crippen LogP contribution in [0.5, 0.6) is 0 Å². The number of amides is 2. The van der Waals surface area contributed by atoms with Gasteiger partial charge in [-0.05, 0) is 56.6 Å². The van der Waals surface area contributed by atoms with Crippen LogP contribution in [-0.2, 0) is 6.42 Å². The molecule has 1 N–H and O–H groups in total. The first kappa shape index (κ1) is 19.0. The summed E-state index contributed by atoms with van der Waals surface area (Å²) in [5.41, 5.74) is 4.98. The van der Waals surface area contributed by atoms with Crippen molar-refractivity contribution < 1.29 is 4.79 Å². The highest BCUT2D eigenvalue weighted by Crippen LogP contribution is 2.22. The Labute approximate surface area is 158 Å². The lowest BCUT2D eigenvalue weighted by atomic mass is 9.97. The molecule has 0 unspecified atom stereocenters. The van der Waals surface area contributed by atoms with E-state index in [1.807, 2.05) is 4.90 Å². The Morgan fingerprint density at radius 2 is 1.96 bits per heavy atom. The van der Waals surface area contributed by atoms with Crippen LogP contribution in [0.1, 0.15) is 50.2 Å². The number of rotatable bonds is 5. The third kappa shape index (κ3) is 4.88. The molecule has 1 saturated heterocycles. The number of nitrogens with one attached hydrogen (secondary N) is 1. The lowest BCUT2D eigenvalue weighted by molar-refractivity contribution is 0.148. The minimum Gasteiger partial charge on any atom is -0.322 e. The van der Waals surface area contributed by atoms with E-state index in [1.54, 1.807) is 5.57 Å². The number of aryl methyl sites for hydroxylation is 2. The van der Waals surface area contributed by atoms with E-state index in [1.165, 1.54) is 37.7 Å². The van der Waals surface area contributed by atoms with Crippen molar-refractivity contribution in [1.82, 2.24) is 9.80 Å². The monoisotopic (exact) mass is 355 g/mol. The quantitative estimate of drug-likeness (QED) is 0.784. The van der Waals surface area contributed by atoms with E-state index in [0.717, 1.165) is 50.4 Å². The van der Waals surface area contributed by atoms with Crippen molar-refractivity contribution in [2.24, 2.45) is 0 Å². The number of allylic oxidation sites excluding steroid dienone is 1. The molecule has 142 valence electrons. The Morgan fingerprint density at radius 3 is 2.65 bits per heavy atom. The fraction of sp³-hybridized carbons (Fsp3) is 0.591. The van der Waals surface area contributed by atoms with E-state index in [-0.39, 0.29) is 6.03 Å². The van der Waals surface area contributed by atoms with E-state index in [2.05, 4.69) is 48.3 Å². The zero-order valence-corrected chi connectivity index (χ0v) is 16.4. The smallest absolute Gasteiger partial charge is 0.321 e. The predicted molar refractivity (Wildman–Crippen MR) is 109 cm³/mol. The number of anilines is 1. The second-order valence-corrected chi connectivity index (χ2v) is 7.58. The maximum Gasteiger partial charge on any atom is 0.321 e. The number of urea groups is 1. The zero-order valence-electron chi connectivity index (χ0n) is 16.4. The molecule has 0 radical (unpaired) electrons. The molecule has 1 aliphatic carbocycles. The van der Waals surface area contributed by atoms with E-state index in [0.29, 0.717) is 0 Å². The Hall–Kier alpha value is -1.81. The first-order chi connectivity index (χ1) is 12.7. The van der Waals surface area contributed by atoms with Gasteiger partial charge >= 0.3 is 6.03 Å². The van der Waals surface area contributed by atoms with Crippen LogP contribution in [0.2, 0.25) is 0 Å². The molecule has 4 heteroatoms. The number of hydrogen-bond acceptors (Lipinski definition) is 2. The number of carbonyl (C=O) groups excluding carboxylic acids is 1. The Bertz CT molecular complexity index is 645. The molecule has 1 aromatic carbocycles. The Kier molecular flexibility index (Phi) is 6.73. The Balaban J connectivity index is 1.47. The van der Waals surface area contributed by atoms with Crippen molar-refractivity contribution in [3.8, 4) is 0 Å². The van der Waals surface area contributed by atoms with Gasteiger partial charge in [0.05, 0.1) is 0 Å². The molecular weight excluding hydrogens is 322 g/mol. The summed E-state index contributed by atoms with van der Waals surface area (Å²) in [5, 5.41) is 3.16. The summed E-state index contributed by atoms with van der Waals surface area (Å²) in [4.78, 5) is 17.2. The molecule has 1 aliphatic heterocycles. The van der Waals surface area contributed by atoms with Gasteiger partial charge in [0.1, 0.15) is 0 Å². The highest BCUT2D eigenvalue weighted by molar-refractivity contribution is 5.91. The average molecular weight is 356 g/mol. The highest BCUT2D eigenvalue weighted by Gasteiger charge is 2.22. The van der Waals surface area contributed by atoms with Gasteiger partial charge in [0.15, 0.2) is 0 Å². The molecule has 1 heterocycles. The number of hydrogen-bond donors (Lipinski definition) is 1. The van der Waals surface area contributed by atoms with Crippen molar-refractivity contribution in [3.63, 3.8) is 0 Å². The molecule has 0 saturated carbocycles. The molecule has 1 aromatic rings. The first-order valence-corrected chi connectivity index (χ1v) is 10.2. The van der Waals surface area contributed by atoms with Crippen molar-refractivity contribution in [3.05, 3.63) is 41.0 Å². The first-order valence-electron chi connectivity index (χ1n) is 10.2. The largest absolute Gasteiger partial charge is 0.322 e. The van der Waals surface area contributed by atoms with Crippen LogP contribution in [0.25, 0.3) is 0 Å². The summed E-state index contributed by atoms with van der Waals surface area (Å²) in [6, 6.07) is 6.26. The van der Waals surface area contributed by atoms with Gasteiger partial charge in [-0.3, -0.25) is 4.90 Å². The van der Waals surface area contributed by atoms with E-state index in [4.69, 9.17) is 0 Å². The molecule has 2 aliphatic rings. The highest BCUT2D eigenvalue weighted by atomic mass is 16.2. The van der Waals surface area contributed by atoms with Crippen LogP contribution in [0.15, 0.2) is 29.8 Å². The number of nitrogens with zero attached hydrogens (tertiary/aromatic N) is 2. The van der Waals surface area contributed by atoms with Crippen LogP contribution >= 0.6 is 0 Å². The maximum absolute atomic E-state index is 12.7. The van der Waals surface area contributed by atoms with E-state index < -0.39 is 0 Å². The normalized spacial score (nSPS) is 18.5. The van der Waals surface area contributed by atoms with Crippen LogP contribution in [0.3, 0.4) is 0 Å². The Morgan fingerprint density at radius 1 is 1.15 bits per heavy atom. The summed E-state index contributed by atoms with van der Waals surface area (Å²) >= 11 is 0. The topological polar surface area (TPSA) is 35.6 Å². The molecular formula is C22H33N3O. The van der Waals surface area contributed by atoms with Gasteiger partial charge < -0.3 is 10.2 Å². The molecule has 0 bridgehead atoms. The van der Waals surface area contributed by atoms with Crippen molar-refractivity contribution in [2.45, 2.75) is 52.4 Å². The molecule has 4 nitrogen and oxygen atoms in total. The molecule has 0 atom stereocenters. The third-order valence-corrected chi connectivity index (χ3v) is 5.77. The molecule has 2 amide bonds. The average Bonchev–Trinajstić information content (AvgIpc) is 2.69. The molecule has 0 aromatic heterocycles. The third-order valence-electron chi connectivity index (χ3n) is 5.77. The van der Waals surface area contributed by atoms with Gasteiger partial charge in [-0.15, -0.1) is 0 Å². The summed E-state index contributed by atoms with van der Waals surface area (Å²) in [6.45, 7) is 8.93. The summed E-state index contributed by atoms with van der Waals surface area (Å²) in [6.07, 6.45) is 9.85. The fourth-order valence-electron chi connectivity index (χ4n) is 4.00. The second kappa shape index (κ2) is 9.22. The van der Waals surface area contributed by atoms with Crippen molar-refractivity contribution in [2.75, 3.05) is 38.0 Å². The molecule has 1 fully saturated rings. The molecule has 3 rings (SSSR count).